The Kier molecular flexibility index (Phi) is 4.56. The summed E-state index contributed by atoms with van der Waals surface area (Å²) in [5.74, 6) is -1.08. The molecule has 0 aliphatic rings. The lowest BCUT2D eigenvalue weighted by atomic mass is 9.93. The average molecular weight is 264 g/mol. The molecular formula is C12H12N2O5. The van der Waals surface area contributed by atoms with E-state index in [0.29, 0.717) is 5.69 Å². The number of hydrogen-bond acceptors (Lipinski definition) is 5. The van der Waals surface area contributed by atoms with Gasteiger partial charge in [0.25, 0.3) is 5.60 Å². The number of rotatable bonds is 5. The van der Waals surface area contributed by atoms with Crippen molar-refractivity contribution in [2.45, 2.75) is 12.5 Å². The molecule has 1 unspecified atom stereocenters. The van der Waals surface area contributed by atoms with Gasteiger partial charge < -0.3 is 9.84 Å². The van der Waals surface area contributed by atoms with E-state index in [2.05, 4.69) is 9.58 Å². The Bertz CT molecular complexity index is 520. The highest BCUT2D eigenvalue weighted by molar-refractivity contribution is 5.81. The molecule has 0 aliphatic heterocycles. The van der Waals surface area contributed by atoms with Gasteiger partial charge in [0.15, 0.2) is 5.69 Å². The minimum atomic E-state index is -2.35. The molecule has 0 amide bonds. The predicted octanol–water partition coefficient (Wildman–Crippen LogP) is 1.26. The van der Waals surface area contributed by atoms with Crippen molar-refractivity contribution in [1.29, 1.82) is 0 Å². The molecule has 1 atom stereocenters. The van der Waals surface area contributed by atoms with E-state index in [1.807, 2.05) is 0 Å². The molecule has 0 bridgehead atoms. The maximum Gasteiger partial charge on any atom is 0.349 e. The van der Waals surface area contributed by atoms with Gasteiger partial charge in [-0.25, -0.2) is 9.64 Å². The summed E-state index contributed by atoms with van der Waals surface area (Å²) in [5, 5.41) is 20.8. The van der Waals surface area contributed by atoms with Crippen molar-refractivity contribution < 1.29 is 19.6 Å². The molecule has 0 aromatic heterocycles. The van der Waals surface area contributed by atoms with E-state index in [1.165, 1.54) is 31.2 Å². The van der Waals surface area contributed by atoms with Gasteiger partial charge in [0.2, 0.25) is 6.54 Å². The molecule has 1 N–H and O–H groups in total. The summed E-state index contributed by atoms with van der Waals surface area (Å²) >= 11 is 0. The van der Waals surface area contributed by atoms with Crippen LogP contribution in [0.5, 0.6) is 0 Å². The third kappa shape index (κ3) is 3.26. The van der Waals surface area contributed by atoms with Gasteiger partial charge in [-0.2, -0.15) is 0 Å². The second-order valence-corrected chi connectivity index (χ2v) is 3.73. The Morgan fingerprint density at radius 2 is 2.11 bits per heavy atom. The number of carbonyl (C=O) groups excluding carboxylic acids is 1. The Hall–Kier alpha value is -2.46. The monoisotopic (exact) mass is 264 g/mol. The molecule has 7 heteroatoms. The van der Waals surface area contributed by atoms with Crippen LogP contribution in [0, 0.1) is 16.7 Å². The van der Waals surface area contributed by atoms with Crippen LogP contribution >= 0.6 is 0 Å². The van der Waals surface area contributed by atoms with E-state index in [1.54, 1.807) is 0 Å². The first-order valence-electron chi connectivity index (χ1n) is 5.43. The largest absolute Gasteiger partial charge is 0.463 e. The molecule has 0 saturated heterocycles. The Morgan fingerprint density at radius 1 is 1.53 bits per heavy atom. The molecule has 19 heavy (non-hydrogen) atoms. The van der Waals surface area contributed by atoms with Crippen molar-refractivity contribution in [2.24, 2.45) is 0 Å². The van der Waals surface area contributed by atoms with Gasteiger partial charge in [-0.1, -0.05) is 24.3 Å². The van der Waals surface area contributed by atoms with Crippen molar-refractivity contribution in [3.63, 3.8) is 0 Å². The van der Waals surface area contributed by atoms with Gasteiger partial charge in [-0.15, -0.1) is 0 Å². The lowest BCUT2D eigenvalue weighted by Crippen LogP contribution is -2.43. The quantitative estimate of drug-likeness (QED) is 0.374. The first-order valence-corrected chi connectivity index (χ1v) is 5.43. The number of carbonyl (C=O) groups is 1. The number of esters is 1. The van der Waals surface area contributed by atoms with E-state index in [9.17, 15) is 20.0 Å². The minimum absolute atomic E-state index is 0.000997. The van der Waals surface area contributed by atoms with Gasteiger partial charge in [0.05, 0.1) is 13.2 Å². The van der Waals surface area contributed by atoms with E-state index < -0.39 is 23.0 Å². The van der Waals surface area contributed by atoms with E-state index in [-0.39, 0.29) is 12.2 Å². The minimum Gasteiger partial charge on any atom is -0.463 e. The Labute approximate surface area is 109 Å². The first kappa shape index (κ1) is 14.6. The fourth-order valence-corrected chi connectivity index (χ4v) is 1.52. The van der Waals surface area contributed by atoms with Crippen LogP contribution < -0.4 is 0 Å². The van der Waals surface area contributed by atoms with Gasteiger partial charge in [0.1, 0.15) is 0 Å². The molecule has 7 nitrogen and oxygen atoms in total. The van der Waals surface area contributed by atoms with Crippen LogP contribution in [-0.2, 0) is 15.1 Å². The number of nitrogens with zero attached hydrogens (tertiary/aromatic N) is 2. The highest BCUT2D eigenvalue weighted by Gasteiger charge is 2.45. The highest BCUT2D eigenvalue weighted by Crippen LogP contribution is 2.25. The van der Waals surface area contributed by atoms with Crippen LogP contribution in [-0.4, -0.2) is 29.2 Å². The van der Waals surface area contributed by atoms with Crippen LogP contribution in [0.2, 0.25) is 0 Å². The number of ether oxygens (including phenoxy) is 1. The van der Waals surface area contributed by atoms with Gasteiger partial charge in [-0.05, 0) is 12.5 Å². The normalized spacial score (nSPS) is 13.1. The van der Waals surface area contributed by atoms with Gasteiger partial charge in [0, 0.05) is 4.92 Å². The summed E-state index contributed by atoms with van der Waals surface area (Å²) in [6.45, 7) is 7.33. The number of aliphatic hydroxyl groups is 1. The molecule has 0 radical (unpaired) electrons. The predicted molar refractivity (Wildman–Crippen MR) is 65.1 cm³/mol. The van der Waals surface area contributed by atoms with Crippen molar-refractivity contribution in [1.82, 2.24) is 0 Å². The summed E-state index contributed by atoms with van der Waals surface area (Å²) in [7, 11) is 0. The standard InChI is InChI=1S/C12H12N2O5/c1-3-19-11(15)12(16,8-14(17)18)9-4-6-10(13-2)7-5-9/h4-7,16H,3,8H2,1H3. The zero-order chi connectivity index (χ0) is 14.5. The molecule has 1 aromatic rings. The van der Waals surface area contributed by atoms with Gasteiger partial charge >= 0.3 is 5.97 Å². The highest BCUT2D eigenvalue weighted by atomic mass is 16.6. The third-order valence-corrected chi connectivity index (χ3v) is 2.45. The molecule has 0 spiro atoms. The fraction of sp³-hybridized carbons (Fsp3) is 0.333. The van der Waals surface area contributed by atoms with Crippen molar-refractivity contribution in [3.05, 3.63) is 51.4 Å². The average Bonchev–Trinajstić information content (AvgIpc) is 2.38. The van der Waals surface area contributed by atoms with E-state index in [0.717, 1.165) is 0 Å². The molecule has 1 aromatic carbocycles. The molecule has 0 saturated carbocycles. The number of hydrogen-bond donors (Lipinski definition) is 1. The summed E-state index contributed by atoms with van der Waals surface area (Å²) in [6.07, 6.45) is 0. The second-order valence-electron chi connectivity index (χ2n) is 3.73. The van der Waals surface area contributed by atoms with Crippen molar-refractivity contribution in [2.75, 3.05) is 13.2 Å². The Balaban J connectivity index is 3.18. The fourth-order valence-electron chi connectivity index (χ4n) is 1.52. The van der Waals surface area contributed by atoms with Crippen molar-refractivity contribution >= 4 is 11.7 Å². The maximum absolute atomic E-state index is 11.7. The lowest BCUT2D eigenvalue weighted by molar-refractivity contribution is -0.499. The zero-order valence-electron chi connectivity index (χ0n) is 10.2. The summed E-state index contributed by atoms with van der Waals surface area (Å²) in [6, 6.07) is 5.33. The second kappa shape index (κ2) is 5.93. The summed E-state index contributed by atoms with van der Waals surface area (Å²) < 4.78 is 4.67. The Morgan fingerprint density at radius 3 is 2.53 bits per heavy atom. The molecule has 1 rings (SSSR count). The molecule has 0 heterocycles. The van der Waals surface area contributed by atoms with Crippen LogP contribution in [0.1, 0.15) is 12.5 Å². The van der Waals surface area contributed by atoms with E-state index >= 15 is 0 Å². The molecule has 0 fully saturated rings. The maximum atomic E-state index is 11.7. The number of benzene rings is 1. The van der Waals surface area contributed by atoms with Crippen LogP contribution in [0.4, 0.5) is 5.69 Å². The smallest absolute Gasteiger partial charge is 0.349 e. The zero-order valence-corrected chi connectivity index (χ0v) is 10.2. The molecule has 0 aliphatic carbocycles. The SMILES string of the molecule is [C-]#[N+]c1ccc(C(O)(C[N+](=O)[O-])C(=O)OCC)cc1. The summed E-state index contributed by atoms with van der Waals surface area (Å²) in [5.41, 5.74) is -2.02. The first-order chi connectivity index (χ1) is 8.93. The molecule has 100 valence electrons. The lowest BCUT2D eigenvalue weighted by Gasteiger charge is -2.22. The topological polar surface area (TPSA) is 94.0 Å². The van der Waals surface area contributed by atoms with Crippen LogP contribution in [0.25, 0.3) is 4.85 Å². The third-order valence-electron chi connectivity index (χ3n) is 2.45. The van der Waals surface area contributed by atoms with E-state index in [4.69, 9.17) is 6.57 Å². The van der Waals surface area contributed by atoms with Crippen LogP contribution in [0.3, 0.4) is 0 Å². The summed E-state index contributed by atoms with van der Waals surface area (Å²) in [4.78, 5) is 24.7. The van der Waals surface area contributed by atoms with Crippen molar-refractivity contribution in [3.8, 4) is 0 Å². The van der Waals surface area contributed by atoms with Crippen LogP contribution in [0.15, 0.2) is 24.3 Å². The van der Waals surface area contributed by atoms with Gasteiger partial charge in [-0.3, -0.25) is 10.1 Å². The molecular weight excluding hydrogens is 252 g/mol. The number of nitro groups is 1.